The van der Waals surface area contributed by atoms with Gasteiger partial charge >= 0.3 is 0 Å². The number of rotatable bonds is 4. The van der Waals surface area contributed by atoms with E-state index < -0.39 is 11.5 Å². The number of amides is 1. The summed E-state index contributed by atoms with van der Waals surface area (Å²) in [7, 11) is 1.79. The summed E-state index contributed by atoms with van der Waals surface area (Å²) >= 11 is 0. The molecule has 112 valence electrons. The summed E-state index contributed by atoms with van der Waals surface area (Å²) < 4.78 is 6.45. The largest absolute Gasteiger partial charge is 0.393 e. The Morgan fingerprint density at radius 2 is 2.38 bits per heavy atom. The lowest BCUT2D eigenvalue weighted by molar-refractivity contribution is 0.0231. The van der Waals surface area contributed by atoms with Gasteiger partial charge in [-0.05, 0) is 18.8 Å². The van der Waals surface area contributed by atoms with Gasteiger partial charge in [0.1, 0.15) is 0 Å². The lowest BCUT2D eigenvalue weighted by Gasteiger charge is -2.37. The van der Waals surface area contributed by atoms with Gasteiger partial charge in [-0.1, -0.05) is 0 Å². The molecule has 0 saturated heterocycles. The van der Waals surface area contributed by atoms with Crippen LogP contribution in [0, 0.1) is 5.92 Å². The maximum absolute atomic E-state index is 12.1. The van der Waals surface area contributed by atoms with Crippen LogP contribution in [0.3, 0.4) is 0 Å². The highest BCUT2D eigenvalue weighted by molar-refractivity contribution is 5.91. The van der Waals surface area contributed by atoms with Crippen molar-refractivity contribution < 1.29 is 14.4 Å². The van der Waals surface area contributed by atoms with Crippen LogP contribution in [0.25, 0.3) is 0 Å². The summed E-state index contributed by atoms with van der Waals surface area (Å²) in [6, 6.07) is 0.834. The topological polar surface area (TPSA) is 113 Å². The monoisotopic (exact) mass is 292 g/mol. The van der Waals surface area contributed by atoms with Crippen molar-refractivity contribution in [1.82, 2.24) is 20.3 Å². The lowest BCUT2D eigenvalue weighted by atomic mass is 9.75. The molecule has 0 aliphatic heterocycles. The highest BCUT2D eigenvalue weighted by Crippen LogP contribution is 2.38. The molecule has 21 heavy (non-hydrogen) atoms. The van der Waals surface area contributed by atoms with Crippen molar-refractivity contribution in [2.45, 2.75) is 25.0 Å². The van der Waals surface area contributed by atoms with Gasteiger partial charge in [-0.2, -0.15) is 10.3 Å². The molecule has 8 nitrogen and oxygen atoms in total. The number of carbonyl (C=O) groups is 1. The van der Waals surface area contributed by atoms with Gasteiger partial charge in [0.2, 0.25) is 5.76 Å². The van der Waals surface area contributed by atoms with E-state index >= 15 is 0 Å². The number of aromatic nitrogens is 3. The second kappa shape index (κ2) is 5.21. The van der Waals surface area contributed by atoms with E-state index in [-0.39, 0.29) is 23.8 Å². The number of H-pyrrole nitrogens is 1. The van der Waals surface area contributed by atoms with E-state index in [0.29, 0.717) is 12.8 Å². The van der Waals surface area contributed by atoms with Crippen LogP contribution in [0.2, 0.25) is 0 Å². The maximum atomic E-state index is 12.1. The van der Waals surface area contributed by atoms with E-state index in [4.69, 9.17) is 4.52 Å². The maximum Gasteiger partial charge on any atom is 0.290 e. The van der Waals surface area contributed by atoms with Gasteiger partial charge in [0.15, 0.2) is 0 Å². The van der Waals surface area contributed by atoms with Crippen LogP contribution in [0.5, 0.6) is 0 Å². The molecule has 0 unspecified atom stereocenters. The summed E-state index contributed by atoms with van der Waals surface area (Å²) in [5.41, 5.74) is 0.401. The third-order valence-corrected chi connectivity index (χ3v) is 3.74. The summed E-state index contributed by atoms with van der Waals surface area (Å²) in [6.45, 7) is 0. The fraction of sp³-hybridized carbons (Fsp3) is 0.462. The zero-order valence-electron chi connectivity index (χ0n) is 11.4. The Balaban J connectivity index is 1.79. The van der Waals surface area contributed by atoms with Crippen molar-refractivity contribution in [3.05, 3.63) is 40.1 Å². The number of nitrogens with one attached hydrogen (secondary N) is 2. The Labute approximate surface area is 119 Å². The highest BCUT2D eigenvalue weighted by atomic mass is 16.5. The number of hydrogen-bond donors (Lipinski definition) is 3. The molecule has 1 aliphatic rings. The number of aliphatic hydroxyl groups is 1. The first-order chi connectivity index (χ1) is 10.0. The van der Waals surface area contributed by atoms with Crippen LogP contribution in [-0.2, 0) is 7.05 Å². The fourth-order valence-electron chi connectivity index (χ4n) is 2.58. The highest BCUT2D eigenvalue weighted by Gasteiger charge is 2.36. The van der Waals surface area contributed by atoms with Crippen LogP contribution < -0.4 is 10.9 Å². The third-order valence-electron chi connectivity index (χ3n) is 3.74. The van der Waals surface area contributed by atoms with Crippen molar-refractivity contribution in [3.8, 4) is 0 Å². The number of hydrogen-bond acceptors (Lipinski definition) is 5. The van der Waals surface area contributed by atoms with E-state index in [1.54, 1.807) is 17.9 Å². The van der Waals surface area contributed by atoms with E-state index in [9.17, 15) is 14.7 Å². The zero-order chi connectivity index (χ0) is 15.0. The molecule has 0 radical (unpaired) electrons. The van der Waals surface area contributed by atoms with Crippen molar-refractivity contribution in [1.29, 1.82) is 0 Å². The number of carbonyl (C=O) groups excluding carboxylic acids is 1. The lowest BCUT2D eigenvalue weighted by Crippen LogP contribution is -2.41. The van der Waals surface area contributed by atoms with Crippen molar-refractivity contribution in [2.24, 2.45) is 13.0 Å². The Kier molecular flexibility index (Phi) is 3.38. The van der Waals surface area contributed by atoms with Gasteiger partial charge < -0.3 is 14.9 Å². The summed E-state index contributed by atoms with van der Waals surface area (Å²) in [6.07, 6.45) is 4.43. The van der Waals surface area contributed by atoms with E-state index in [0.717, 1.165) is 11.6 Å². The van der Waals surface area contributed by atoms with E-state index in [1.807, 2.05) is 6.20 Å². The van der Waals surface area contributed by atoms with E-state index in [1.165, 1.54) is 0 Å². The molecule has 0 bridgehead atoms. The molecule has 3 N–H and O–H groups in total. The molecular formula is C13H16N4O4. The quantitative estimate of drug-likeness (QED) is 0.731. The molecule has 2 heterocycles. The first kappa shape index (κ1) is 13.6. The molecule has 2 aromatic heterocycles. The SMILES string of the molecule is Cn1cc([C@H](NC(=O)c2cc(=O)[nH]o2)C2CC(O)C2)cn1. The van der Waals surface area contributed by atoms with Crippen LogP contribution >= 0.6 is 0 Å². The van der Waals surface area contributed by atoms with Crippen LogP contribution in [0.15, 0.2) is 27.8 Å². The molecule has 1 aliphatic carbocycles. The van der Waals surface area contributed by atoms with Gasteiger partial charge in [0.25, 0.3) is 11.5 Å². The summed E-state index contributed by atoms with van der Waals surface area (Å²) in [5, 5.41) is 18.5. The van der Waals surface area contributed by atoms with Gasteiger partial charge in [0.05, 0.1) is 24.4 Å². The average molecular weight is 292 g/mol. The van der Waals surface area contributed by atoms with Crippen LogP contribution in [0.4, 0.5) is 0 Å². The standard InChI is InChI=1S/C13H16N4O4/c1-17-6-8(5-14-17)12(7-2-9(18)3-7)15-13(20)10-4-11(19)16-21-10/h4-7,9,12,18H,2-3H2,1H3,(H,15,20)(H,16,19)/t7?,9?,12-/m1/s1. The molecule has 1 amide bonds. The third kappa shape index (κ3) is 2.75. The molecule has 0 spiro atoms. The smallest absolute Gasteiger partial charge is 0.290 e. The molecule has 1 saturated carbocycles. The molecule has 0 aromatic carbocycles. The first-order valence-electron chi connectivity index (χ1n) is 6.69. The van der Waals surface area contributed by atoms with Gasteiger partial charge in [0, 0.05) is 18.8 Å². The zero-order valence-corrected chi connectivity index (χ0v) is 11.4. The number of nitrogens with zero attached hydrogens (tertiary/aromatic N) is 2. The second-order valence-electron chi connectivity index (χ2n) is 5.36. The molecule has 1 atom stereocenters. The molecular weight excluding hydrogens is 276 g/mol. The van der Waals surface area contributed by atoms with Gasteiger partial charge in [-0.25, -0.2) is 0 Å². The summed E-state index contributed by atoms with van der Waals surface area (Å²) in [4.78, 5) is 23.1. The first-order valence-corrected chi connectivity index (χ1v) is 6.69. The number of aromatic amines is 1. The minimum atomic E-state index is -0.469. The predicted octanol–water partition coefficient (Wildman–Crippen LogP) is -0.0566. The normalized spacial score (nSPS) is 22.6. The van der Waals surface area contributed by atoms with E-state index in [2.05, 4.69) is 15.6 Å². The minimum Gasteiger partial charge on any atom is -0.393 e. The van der Waals surface area contributed by atoms with Crippen LogP contribution in [0.1, 0.15) is 35.0 Å². The molecule has 2 aromatic rings. The number of aryl methyl sites for hydroxylation is 1. The Bertz CT molecular complexity index is 695. The van der Waals surface area contributed by atoms with Crippen LogP contribution in [-0.4, -0.2) is 32.1 Å². The van der Waals surface area contributed by atoms with Crippen molar-refractivity contribution in [2.75, 3.05) is 0 Å². The molecule has 3 rings (SSSR count). The predicted molar refractivity (Wildman–Crippen MR) is 71.5 cm³/mol. The number of aliphatic hydroxyl groups excluding tert-OH is 1. The average Bonchev–Trinajstić information content (AvgIpc) is 3.01. The molecule has 1 fully saturated rings. The van der Waals surface area contributed by atoms with Gasteiger partial charge in [-0.3, -0.25) is 14.3 Å². The fourth-order valence-corrected chi connectivity index (χ4v) is 2.58. The van der Waals surface area contributed by atoms with Crippen molar-refractivity contribution >= 4 is 5.91 Å². The van der Waals surface area contributed by atoms with Gasteiger partial charge in [-0.15, -0.1) is 0 Å². The summed E-state index contributed by atoms with van der Waals surface area (Å²) in [5.74, 6) is -0.392. The Morgan fingerprint density at radius 3 is 2.90 bits per heavy atom. The minimum absolute atomic E-state index is 0.0613. The Morgan fingerprint density at radius 1 is 1.62 bits per heavy atom. The second-order valence-corrected chi connectivity index (χ2v) is 5.36. The Hall–Kier alpha value is -2.35. The molecule has 8 heteroatoms. The van der Waals surface area contributed by atoms with Crippen molar-refractivity contribution in [3.63, 3.8) is 0 Å².